The molecule has 0 spiro atoms. The fourth-order valence-electron chi connectivity index (χ4n) is 3.43. The Morgan fingerprint density at radius 3 is 2.19 bits per heavy atom. The number of halogens is 1. The number of primary sulfonamides is 1. The predicted octanol–water partition coefficient (Wildman–Crippen LogP) is 1.69. The van der Waals surface area contributed by atoms with E-state index in [1.165, 1.54) is 30.3 Å². The molecule has 0 saturated carbocycles. The number of hydrogen-bond donors (Lipinski definition) is 4. The van der Waals surface area contributed by atoms with Crippen LogP contribution in [-0.2, 0) is 10.0 Å². The monoisotopic (exact) mass is 400 g/mol. The minimum absolute atomic E-state index is 0. The highest BCUT2D eigenvalue weighted by molar-refractivity contribution is 7.89. The van der Waals surface area contributed by atoms with E-state index in [2.05, 4.69) is 4.90 Å². The molecule has 26 heavy (non-hydrogen) atoms. The van der Waals surface area contributed by atoms with Crippen LogP contribution in [0.3, 0.4) is 0 Å². The summed E-state index contributed by atoms with van der Waals surface area (Å²) < 4.78 is 23.3. The second kappa shape index (κ2) is 7.32. The summed E-state index contributed by atoms with van der Waals surface area (Å²) in [5.41, 5.74) is 1.29. The highest BCUT2D eigenvalue weighted by atomic mass is 35.5. The van der Waals surface area contributed by atoms with Gasteiger partial charge in [-0.05, 0) is 42.9 Å². The van der Waals surface area contributed by atoms with E-state index in [9.17, 15) is 23.7 Å². The summed E-state index contributed by atoms with van der Waals surface area (Å²) in [5.74, 6) is -0.687. The van der Waals surface area contributed by atoms with Crippen molar-refractivity contribution < 1.29 is 23.7 Å². The van der Waals surface area contributed by atoms with Gasteiger partial charge in [0, 0.05) is 30.5 Å². The van der Waals surface area contributed by atoms with Gasteiger partial charge < -0.3 is 20.2 Å². The topological polar surface area (TPSA) is 124 Å². The van der Waals surface area contributed by atoms with E-state index < -0.39 is 10.0 Å². The summed E-state index contributed by atoms with van der Waals surface area (Å²) in [6, 6.07) is 8.63. The third-order valence-corrected chi connectivity index (χ3v) is 5.57. The lowest BCUT2D eigenvalue weighted by atomic mass is 9.83. The molecule has 0 unspecified atom stereocenters. The summed E-state index contributed by atoms with van der Waals surface area (Å²) >= 11 is 0. The number of aromatic hydroxyl groups is 3. The quantitative estimate of drug-likeness (QED) is 0.581. The Kier molecular flexibility index (Phi) is 5.72. The Bertz CT molecular complexity index is 919. The molecule has 5 N–H and O–H groups in total. The first-order valence-corrected chi connectivity index (χ1v) is 9.27. The maximum Gasteiger partial charge on any atom is 0.238 e. The molecule has 0 bridgehead atoms. The normalized spacial score (nSPS) is 20.7. The Hall–Kier alpha value is -2.00. The van der Waals surface area contributed by atoms with Crippen molar-refractivity contribution in [2.75, 3.05) is 20.1 Å². The van der Waals surface area contributed by atoms with Gasteiger partial charge >= 0.3 is 0 Å². The van der Waals surface area contributed by atoms with E-state index >= 15 is 0 Å². The first-order valence-electron chi connectivity index (χ1n) is 7.73. The van der Waals surface area contributed by atoms with E-state index in [1.54, 1.807) is 6.07 Å². The first-order chi connectivity index (χ1) is 11.7. The third kappa shape index (κ3) is 3.88. The number of nitrogens with zero attached hydrogens (tertiary/aromatic N) is 1. The van der Waals surface area contributed by atoms with Crippen molar-refractivity contribution in [3.05, 3.63) is 47.5 Å². The predicted molar refractivity (Wildman–Crippen MR) is 99.5 cm³/mol. The van der Waals surface area contributed by atoms with Crippen molar-refractivity contribution in [2.24, 2.45) is 5.14 Å². The Labute approximate surface area is 158 Å². The SMILES string of the molecule is CN1C[C@@H](c2ccc(O)c(O)c2)[C@H](c2cc(S(N)(=O)=O)ccc2O)C1.Cl. The minimum Gasteiger partial charge on any atom is -0.508 e. The number of likely N-dealkylation sites (N-methyl/N-ethyl adjacent to an activating group) is 1. The average molecular weight is 401 g/mol. The molecule has 7 nitrogen and oxygen atoms in total. The van der Waals surface area contributed by atoms with E-state index in [0.29, 0.717) is 18.7 Å². The van der Waals surface area contributed by atoms with Crippen molar-refractivity contribution in [1.82, 2.24) is 4.90 Å². The number of phenolic OH excluding ortho intramolecular Hbond substituents is 3. The molecule has 0 radical (unpaired) electrons. The molecule has 0 amide bonds. The molecule has 1 heterocycles. The van der Waals surface area contributed by atoms with Gasteiger partial charge in [0.1, 0.15) is 5.75 Å². The van der Waals surface area contributed by atoms with Crippen LogP contribution in [0.25, 0.3) is 0 Å². The highest BCUT2D eigenvalue weighted by Gasteiger charge is 2.35. The van der Waals surface area contributed by atoms with Gasteiger partial charge in [0.2, 0.25) is 10.0 Å². The summed E-state index contributed by atoms with van der Waals surface area (Å²) in [5, 5.41) is 34.8. The van der Waals surface area contributed by atoms with E-state index in [0.717, 1.165) is 5.56 Å². The largest absolute Gasteiger partial charge is 0.508 e. The second-order valence-electron chi connectivity index (χ2n) is 6.45. The molecule has 3 rings (SSSR count). The van der Waals surface area contributed by atoms with Gasteiger partial charge in [-0.15, -0.1) is 12.4 Å². The zero-order valence-corrected chi connectivity index (χ0v) is 15.7. The molecule has 0 aliphatic carbocycles. The minimum atomic E-state index is -3.88. The van der Waals surface area contributed by atoms with Crippen LogP contribution in [0.4, 0.5) is 0 Å². The summed E-state index contributed by atoms with van der Waals surface area (Å²) in [6.45, 7) is 1.27. The maximum atomic E-state index is 11.6. The molecule has 142 valence electrons. The van der Waals surface area contributed by atoms with Crippen molar-refractivity contribution in [3.8, 4) is 17.2 Å². The first kappa shape index (κ1) is 20.3. The second-order valence-corrected chi connectivity index (χ2v) is 8.01. The molecular weight excluding hydrogens is 380 g/mol. The molecule has 1 fully saturated rings. The number of likely N-dealkylation sites (tertiary alicyclic amines) is 1. The van der Waals surface area contributed by atoms with Gasteiger partial charge in [0.05, 0.1) is 4.90 Å². The summed E-state index contributed by atoms with van der Waals surface area (Å²) in [4.78, 5) is 2.00. The number of hydrogen-bond acceptors (Lipinski definition) is 6. The molecule has 2 aromatic rings. The van der Waals surface area contributed by atoms with Crippen molar-refractivity contribution >= 4 is 22.4 Å². The Morgan fingerprint density at radius 1 is 0.962 bits per heavy atom. The number of phenols is 3. The van der Waals surface area contributed by atoms with Gasteiger partial charge in [-0.1, -0.05) is 6.07 Å². The standard InChI is InChI=1S/C17H20N2O5S.ClH/c1-19-8-13(10-2-4-16(21)17(22)6-10)14(9-19)12-7-11(25(18,23)24)3-5-15(12)20;/h2-7,13-14,20-22H,8-9H2,1H3,(H2,18,23,24);1H/t13-,14-;/m0./s1. The average Bonchev–Trinajstić information content (AvgIpc) is 2.91. The van der Waals surface area contributed by atoms with E-state index in [-0.39, 0.29) is 46.4 Å². The lowest BCUT2D eigenvalue weighted by molar-refractivity contribution is 0.400. The van der Waals surface area contributed by atoms with Gasteiger partial charge in [-0.25, -0.2) is 13.6 Å². The molecule has 0 aromatic heterocycles. The van der Waals surface area contributed by atoms with Crippen molar-refractivity contribution in [3.63, 3.8) is 0 Å². The van der Waals surface area contributed by atoms with Gasteiger partial charge in [0.15, 0.2) is 11.5 Å². The lowest BCUT2D eigenvalue weighted by Crippen LogP contribution is -2.15. The molecule has 2 aromatic carbocycles. The molecule has 2 atom stereocenters. The van der Waals surface area contributed by atoms with Crippen LogP contribution >= 0.6 is 12.4 Å². The zero-order valence-electron chi connectivity index (χ0n) is 14.0. The van der Waals surface area contributed by atoms with Crippen molar-refractivity contribution in [1.29, 1.82) is 0 Å². The van der Waals surface area contributed by atoms with Gasteiger partial charge in [-0.3, -0.25) is 0 Å². The molecule has 1 aliphatic heterocycles. The number of nitrogens with two attached hydrogens (primary N) is 1. The van der Waals surface area contributed by atoms with E-state index in [1.807, 2.05) is 7.05 Å². The molecular formula is C17H21ClN2O5S. The molecule has 1 aliphatic rings. The summed E-state index contributed by atoms with van der Waals surface area (Å²) in [7, 11) is -1.95. The highest BCUT2D eigenvalue weighted by Crippen LogP contribution is 2.44. The number of rotatable bonds is 3. The van der Waals surface area contributed by atoms with Gasteiger partial charge in [-0.2, -0.15) is 0 Å². The Morgan fingerprint density at radius 2 is 1.58 bits per heavy atom. The number of sulfonamides is 1. The third-order valence-electron chi connectivity index (χ3n) is 4.66. The van der Waals surface area contributed by atoms with Crippen molar-refractivity contribution in [2.45, 2.75) is 16.7 Å². The van der Waals surface area contributed by atoms with Gasteiger partial charge in [0.25, 0.3) is 0 Å². The van der Waals surface area contributed by atoms with Crippen LogP contribution in [-0.4, -0.2) is 48.8 Å². The molecule has 9 heteroatoms. The summed E-state index contributed by atoms with van der Waals surface area (Å²) in [6.07, 6.45) is 0. The smallest absolute Gasteiger partial charge is 0.238 e. The Balaban J connectivity index is 0.00000243. The maximum absolute atomic E-state index is 11.6. The molecule has 1 saturated heterocycles. The van der Waals surface area contributed by atoms with Crippen LogP contribution in [0.5, 0.6) is 17.2 Å². The lowest BCUT2D eigenvalue weighted by Gasteiger charge is -2.21. The van der Waals surface area contributed by atoms with Crippen LogP contribution in [0, 0.1) is 0 Å². The van der Waals surface area contributed by atoms with Crippen LogP contribution in [0.2, 0.25) is 0 Å². The van der Waals surface area contributed by atoms with E-state index in [4.69, 9.17) is 5.14 Å². The fraction of sp³-hybridized carbons (Fsp3) is 0.294. The van der Waals surface area contributed by atoms with Crippen LogP contribution in [0.1, 0.15) is 23.0 Å². The van der Waals surface area contributed by atoms with Crippen LogP contribution < -0.4 is 5.14 Å². The zero-order chi connectivity index (χ0) is 18.4. The number of benzene rings is 2. The fourth-order valence-corrected chi connectivity index (χ4v) is 3.98. The van der Waals surface area contributed by atoms with Crippen LogP contribution in [0.15, 0.2) is 41.3 Å².